The molecule has 0 amide bonds. The second-order valence-corrected chi connectivity index (χ2v) is 3.88. The Balaban J connectivity index is 1.86. The van der Waals surface area contributed by atoms with E-state index >= 15 is 0 Å². The number of nitrogens with one attached hydrogen (secondary N) is 2. The van der Waals surface area contributed by atoms with Gasteiger partial charge in [0.05, 0.1) is 13.2 Å². The number of nitrogens with zero attached hydrogens (tertiary/aromatic N) is 2. The van der Waals surface area contributed by atoms with Crippen LogP contribution >= 0.6 is 0 Å². The van der Waals surface area contributed by atoms with Crippen molar-refractivity contribution in [2.24, 2.45) is 0 Å². The lowest BCUT2D eigenvalue weighted by molar-refractivity contribution is 0.0764. The van der Waals surface area contributed by atoms with Gasteiger partial charge in [-0.2, -0.15) is 5.10 Å². The molecular formula is C10H18N4O. The van der Waals surface area contributed by atoms with E-state index in [9.17, 15) is 0 Å². The fourth-order valence-electron chi connectivity index (χ4n) is 1.75. The number of aromatic amines is 1. The van der Waals surface area contributed by atoms with Gasteiger partial charge in [0.15, 0.2) is 5.82 Å². The van der Waals surface area contributed by atoms with E-state index in [2.05, 4.69) is 27.4 Å². The molecule has 5 nitrogen and oxygen atoms in total. The zero-order valence-electron chi connectivity index (χ0n) is 9.12. The van der Waals surface area contributed by atoms with Crippen molar-refractivity contribution in [1.82, 2.24) is 20.5 Å². The van der Waals surface area contributed by atoms with Crippen LogP contribution in [0.15, 0.2) is 0 Å². The Hall–Kier alpha value is -0.940. The molecule has 0 radical (unpaired) electrons. The number of H-pyrrole nitrogens is 1. The summed E-state index contributed by atoms with van der Waals surface area (Å²) in [6.45, 7) is 4.64. The van der Waals surface area contributed by atoms with Gasteiger partial charge in [-0.1, -0.05) is 6.92 Å². The fraction of sp³-hybridized carbons (Fsp3) is 0.800. The summed E-state index contributed by atoms with van der Waals surface area (Å²) in [4.78, 5) is 4.43. The second-order valence-electron chi connectivity index (χ2n) is 3.88. The van der Waals surface area contributed by atoms with Crippen molar-refractivity contribution >= 4 is 0 Å². The highest BCUT2D eigenvalue weighted by Gasteiger charge is 2.15. The molecule has 1 aromatic heterocycles. The molecule has 1 saturated heterocycles. The van der Waals surface area contributed by atoms with Crippen molar-refractivity contribution in [2.75, 3.05) is 19.8 Å². The lowest BCUT2D eigenvalue weighted by Gasteiger charge is -2.22. The molecule has 0 bridgehead atoms. The van der Waals surface area contributed by atoms with E-state index in [-0.39, 0.29) is 0 Å². The van der Waals surface area contributed by atoms with E-state index in [0.717, 1.165) is 50.7 Å². The minimum absolute atomic E-state index is 0.376. The largest absolute Gasteiger partial charge is 0.379 e. The second kappa shape index (κ2) is 5.23. The van der Waals surface area contributed by atoms with Gasteiger partial charge in [-0.15, -0.1) is 0 Å². The highest BCUT2D eigenvalue weighted by Crippen LogP contribution is 2.02. The maximum atomic E-state index is 5.38. The van der Waals surface area contributed by atoms with Crippen LogP contribution in [0.1, 0.15) is 25.0 Å². The summed E-state index contributed by atoms with van der Waals surface area (Å²) in [6.07, 6.45) is 2.91. The van der Waals surface area contributed by atoms with Crippen LogP contribution in [0.5, 0.6) is 0 Å². The summed E-state index contributed by atoms with van der Waals surface area (Å²) >= 11 is 0. The van der Waals surface area contributed by atoms with Crippen LogP contribution in [0.3, 0.4) is 0 Å². The molecule has 0 spiro atoms. The number of ether oxygens (including phenoxy) is 1. The minimum atomic E-state index is 0.376. The van der Waals surface area contributed by atoms with E-state index in [1.54, 1.807) is 0 Å². The first-order valence-corrected chi connectivity index (χ1v) is 5.59. The van der Waals surface area contributed by atoms with Gasteiger partial charge in [-0.25, -0.2) is 4.98 Å². The van der Waals surface area contributed by atoms with Crippen molar-refractivity contribution in [1.29, 1.82) is 0 Å². The molecule has 1 fully saturated rings. The Labute approximate surface area is 89.6 Å². The van der Waals surface area contributed by atoms with Gasteiger partial charge < -0.3 is 10.1 Å². The molecule has 84 valence electrons. The first-order chi connectivity index (χ1) is 7.38. The van der Waals surface area contributed by atoms with Gasteiger partial charge >= 0.3 is 0 Å². The van der Waals surface area contributed by atoms with Crippen LogP contribution in [0.25, 0.3) is 0 Å². The zero-order valence-corrected chi connectivity index (χ0v) is 9.12. The molecule has 0 aromatic carbocycles. The Morgan fingerprint density at radius 3 is 3.20 bits per heavy atom. The van der Waals surface area contributed by atoms with Crippen LogP contribution in [-0.2, 0) is 17.6 Å². The van der Waals surface area contributed by atoms with Gasteiger partial charge in [0, 0.05) is 25.4 Å². The number of rotatable bonds is 4. The summed E-state index contributed by atoms with van der Waals surface area (Å²) in [5.74, 6) is 1.88. The number of morpholine rings is 1. The van der Waals surface area contributed by atoms with Crippen molar-refractivity contribution in [2.45, 2.75) is 32.2 Å². The van der Waals surface area contributed by atoms with Gasteiger partial charge in [0.1, 0.15) is 5.82 Å². The molecule has 1 atom stereocenters. The highest BCUT2D eigenvalue weighted by atomic mass is 16.5. The molecule has 15 heavy (non-hydrogen) atoms. The van der Waals surface area contributed by atoms with Gasteiger partial charge in [0.25, 0.3) is 0 Å². The third-order valence-corrected chi connectivity index (χ3v) is 2.49. The predicted molar refractivity (Wildman–Crippen MR) is 56.7 cm³/mol. The van der Waals surface area contributed by atoms with Crippen molar-refractivity contribution < 1.29 is 4.74 Å². The first-order valence-electron chi connectivity index (χ1n) is 5.59. The van der Waals surface area contributed by atoms with Gasteiger partial charge in [0.2, 0.25) is 0 Å². The molecule has 2 N–H and O–H groups in total. The molecule has 0 saturated carbocycles. The van der Waals surface area contributed by atoms with E-state index in [1.165, 1.54) is 0 Å². The Kier molecular flexibility index (Phi) is 3.69. The monoisotopic (exact) mass is 210 g/mol. The lowest BCUT2D eigenvalue weighted by atomic mass is 10.2. The molecule has 1 aromatic rings. The van der Waals surface area contributed by atoms with E-state index in [1.807, 2.05) is 0 Å². The standard InChI is InChI=1S/C10H18N4O/c1-2-3-9-12-10(14-13-9)6-8-7-15-5-4-11-8/h8,11H,2-7H2,1H3,(H,12,13,14). The maximum Gasteiger partial charge on any atom is 0.150 e. The predicted octanol–water partition coefficient (Wildman–Crippen LogP) is 0.288. The summed E-state index contributed by atoms with van der Waals surface area (Å²) < 4.78 is 5.38. The summed E-state index contributed by atoms with van der Waals surface area (Å²) in [5.41, 5.74) is 0. The van der Waals surface area contributed by atoms with Gasteiger partial charge in [-0.3, -0.25) is 5.10 Å². The summed E-state index contributed by atoms with van der Waals surface area (Å²) in [7, 11) is 0. The number of aromatic nitrogens is 3. The molecule has 2 rings (SSSR count). The molecule has 5 heteroatoms. The fourth-order valence-corrected chi connectivity index (χ4v) is 1.75. The molecule has 1 aliphatic heterocycles. The van der Waals surface area contributed by atoms with Crippen LogP contribution in [0.2, 0.25) is 0 Å². The van der Waals surface area contributed by atoms with Crippen LogP contribution in [-0.4, -0.2) is 41.0 Å². The molecule has 1 unspecified atom stereocenters. The third-order valence-electron chi connectivity index (χ3n) is 2.49. The Bertz CT molecular complexity index is 293. The van der Waals surface area contributed by atoms with E-state index in [0.29, 0.717) is 6.04 Å². The quantitative estimate of drug-likeness (QED) is 0.749. The normalized spacial score (nSPS) is 21.8. The van der Waals surface area contributed by atoms with Crippen LogP contribution in [0, 0.1) is 0 Å². The van der Waals surface area contributed by atoms with E-state index in [4.69, 9.17) is 4.74 Å². The average molecular weight is 210 g/mol. The maximum absolute atomic E-state index is 5.38. The molecular weight excluding hydrogens is 192 g/mol. The topological polar surface area (TPSA) is 62.8 Å². The molecule has 1 aliphatic rings. The highest BCUT2D eigenvalue weighted by molar-refractivity contribution is 4.94. The van der Waals surface area contributed by atoms with Crippen molar-refractivity contribution in [3.63, 3.8) is 0 Å². The van der Waals surface area contributed by atoms with Crippen LogP contribution < -0.4 is 5.32 Å². The Morgan fingerprint density at radius 1 is 1.53 bits per heavy atom. The summed E-state index contributed by atoms with van der Waals surface area (Å²) in [5, 5.41) is 10.5. The number of aryl methyl sites for hydroxylation is 1. The van der Waals surface area contributed by atoms with Crippen molar-refractivity contribution in [3.8, 4) is 0 Å². The summed E-state index contributed by atoms with van der Waals surface area (Å²) in [6, 6.07) is 0.376. The average Bonchev–Trinajstić information content (AvgIpc) is 2.68. The Morgan fingerprint density at radius 2 is 2.47 bits per heavy atom. The van der Waals surface area contributed by atoms with E-state index < -0.39 is 0 Å². The zero-order chi connectivity index (χ0) is 10.5. The minimum Gasteiger partial charge on any atom is -0.379 e. The third kappa shape index (κ3) is 3.00. The number of hydrogen-bond acceptors (Lipinski definition) is 4. The first kappa shape index (κ1) is 10.6. The molecule has 0 aliphatic carbocycles. The van der Waals surface area contributed by atoms with Gasteiger partial charge in [-0.05, 0) is 6.42 Å². The van der Waals surface area contributed by atoms with Crippen molar-refractivity contribution in [3.05, 3.63) is 11.6 Å². The van der Waals surface area contributed by atoms with Crippen LogP contribution in [0.4, 0.5) is 0 Å². The smallest absolute Gasteiger partial charge is 0.150 e. The lowest BCUT2D eigenvalue weighted by Crippen LogP contribution is -2.42. The SMILES string of the molecule is CCCc1n[nH]c(CC2COCCN2)n1. The molecule has 2 heterocycles. The number of hydrogen-bond donors (Lipinski definition) is 2.